The molecule has 2 heterocycles. The first-order chi connectivity index (χ1) is 11.2. The van der Waals surface area contributed by atoms with Crippen molar-refractivity contribution in [2.75, 3.05) is 12.8 Å². The summed E-state index contributed by atoms with van der Waals surface area (Å²) in [4.78, 5) is 12.1. The van der Waals surface area contributed by atoms with Gasteiger partial charge < -0.3 is 15.0 Å². The van der Waals surface area contributed by atoms with Crippen molar-refractivity contribution in [3.63, 3.8) is 0 Å². The highest BCUT2D eigenvalue weighted by atomic mass is 16.5. The van der Waals surface area contributed by atoms with E-state index in [2.05, 4.69) is 15.5 Å². The summed E-state index contributed by atoms with van der Waals surface area (Å²) >= 11 is 0. The molecule has 0 aliphatic carbocycles. The van der Waals surface area contributed by atoms with Gasteiger partial charge in [0.2, 0.25) is 0 Å². The fraction of sp³-hybridized carbons (Fsp3) is 0.0714. The first kappa shape index (κ1) is 14.3. The number of methoxy groups -OCH3 is 1. The predicted molar refractivity (Wildman–Crippen MR) is 78.9 cm³/mol. The number of carbonyl (C=O) groups excluding carboxylic acids is 1. The number of aromatic nitrogens is 5. The number of tetrazole rings is 1. The van der Waals surface area contributed by atoms with Gasteiger partial charge in [-0.05, 0) is 22.6 Å². The van der Waals surface area contributed by atoms with Gasteiger partial charge in [0.25, 0.3) is 0 Å². The zero-order valence-corrected chi connectivity index (χ0v) is 12.0. The van der Waals surface area contributed by atoms with Crippen molar-refractivity contribution >= 4 is 11.7 Å². The van der Waals surface area contributed by atoms with E-state index in [0.29, 0.717) is 11.4 Å². The smallest absolute Gasteiger partial charge is 0.357 e. The second kappa shape index (κ2) is 5.61. The van der Waals surface area contributed by atoms with Crippen molar-refractivity contribution in [1.29, 1.82) is 5.26 Å². The van der Waals surface area contributed by atoms with Crippen LogP contribution in [0.15, 0.2) is 36.8 Å². The lowest BCUT2D eigenvalue weighted by Gasteiger charge is -2.12. The van der Waals surface area contributed by atoms with E-state index in [0.717, 1.165) is 0 Å². The standard InChI is InChI=1S/C14H11N7O2/c1-23-14(22)13-12(16)9(6-15)7-20(13)10-4-2-3-5-11(10)21-8-17-18-19-21/h2-5,7-8H,16H2,1H3. The minimum absolute atomic E-state index is 0.0610. The maximum Gasteiger partial charge on any atom is 0.357 e. The Labute approximate surface area is 130 Å². The molecule has 2 aromatic heterocycles. The lowest BCUT2D eigenvalue weighted by molar-refractivity contribution is 0.0593. The molecule has 3 aromatic rings. The van der Waals surface area contributed by atoms with Gasteiger partial charge in [0.15, 0.2) is 5.69 Å². The molecule has 0 bridgehead atoms. The average Bonchev–Trinajstić information content (AvgIpc) is 3.22. The number of nitrogens with two attached hydrogens (primary N) is 1. The van der Waals surface area contributed by atoms with Crippen LogP contribution in [0.3, 0.4) is 0 Å². The van der Waals surface area contributed by atoms with Gasteiger partial charge in [-0.15, -0.1) is 5.10 Å². The van der Waals surface area contributed by atoms with Crippen LogP contribution in [-0.4, -0.2) is 37.9 Å². The minimum atomic E-state index is -0.643. The molecule has 0 radical (unpaired) electrons. The first-order valence-corrected chi connectivity index (χ1v) is 6.49. The van der Waals surface area contributed by atoms with Gasteiger partial charge in [-0.3, -0.25) is 0 Å². The Kier molecular flexibility index (Phi) is 3.48. The Bertz CT molecular complexity index is 906. The summed E-state index contributed by atoms with van der Waals surface area (Å²) < 4.78 is 7.71. The number of ether oxygens (including phenoxy) is 1. The molecular formula is C14H11N7O2. The van der Waals surface area contributed by atoms with Crippen LogP contribution in [0.4, 0.5) is 5.69 Å². The third-order valence-corrected chi connectivity index (χ3v) is 3.28. The van der Waals surface area contributed by atoms with Crippen LogP contribution in [-0.2, 0) is 4.74 Å². The highest BCUT2D eigenvalue weighted by Crippen LogP contribution is 2.27. The quantitative estimate of drug-likeness (QED) is 0.706. The summed E-state index contributed by atoms with van der Waals surface area (Å²) in [5.41, 5.74) is 7.41. The summed E-state index contributed by atoms with van der Waals surface area (Å²) in [6, 6.07) is 9.07. The molecule has 0 amide bonds. The Balaban J connectivity index is 2.29. The molecule has 0 saturated heterocycles. The van der Waals surface area contributed by atoms with Crippen molar-refractivity contribution in [3.8, 4) is 17.4 Å². The molecular weight excluding hydrogens is 298 g/mol. The average molecular weight is 309 g/mol. The number of carbonyl (C=O) groups is 1. The lowest BCUT2D eigenvalue weighted by atomic mass is 10.2. The molecule has 0 atom stereocenters. The van der Waals surface area contributed by atoms with Gasteiger partial charge in [0.05, 0.1) is 29.7 Å². The van der Waals surface area contributed by atoms with Crippen LogP contribution < -0.4 is 5.73 Å². The summed E-state index contributed by atoms with van der Waals surface area (Å²) in [6.45, 7) is 0. The fourth-order valence-electron chi connectivity index (χ4n) is 2.24. The van der Waals surface area contributed by atoms with Gasteiger partial charge in [-0.1, -0.05) is 12.1 Å². The third kappa shape index (κ3) is 2.28. The van der Waals surface area contributed by atoms with Gasteiger partial charge in [-0.2, -0.15) is 9.94 Å². The van der Waals surface area contributed by atoms with Crippen molar-refractivity contribution < 1.29 is 9.53 Å². The zero-order valence-electron chi connectivity index (χ0n) is 12.0. The minimum Gasteiger partial charge on any atom is -0.464 e. The number of hydrogen-bond donors (Lipinski definition) is 1. The van der Waals surface area contributed by atoms with Crippen LogP contribution in [0.5, 0.6) is 0 Å². The Hall–Kier alpha value is -3.67. The second-order valence-electron chi connectivity index (χ2n) is 4.52. The molecule has 3 rings (SSSR count). The van der Waals surface area contributed by atoms with E-state index in [4.69, 9.17) is 10.5 Å². The first-order valence-electron chi connectivity index (χ1n) is 6.49. The lowest BCUT2D eigenvalue weighted by Crippen LogP contribution is -2.13. The van der Waals surface area contributed by atoms with Gasteiger partial charge in [-0.25, -0.2) is 4.79 Å². The number of nitriles is 1. The van der Waals surface area contributed by atoms with E-state index in [-0.39, 0.29) is 16.9 Å². The number of hydrogen-bond acceptors (Lipinski definition) is 7. The molecule has 0 aliphatic heterocycles. The van der Waals surface area contributed by atoms with Crippen molar-refractivity contribution in [2.24, 2.45) is 0 Å². The molecule has 0 saturated carbocycles. The second-order valence-corrected chi connectivity index (χ2v) is 4.52. The summed E-state index contributed by atoms with van der Waals surface area (Å²) in [5, 5.41) is 20.2. The van der Waals surface area contributed by atoms with Gasteiger partial charge in [0, 0.05) is 6.20 Å². The van der Waals surface area contributed by atoms with Crippen molar-refractivity contribution in [3.05, 3.63) is 48.0 Å². The number of rotatable bonds is 3. The third-order valence-electron chi connectivity index (χ3n) is 3.28. The SMILES string of the molecule is COC(=O)c1c(N)c(C#N)cn1-c1ccccc1-n1cnnn1. The summed E-state index contributed by atoms with van der Waals surface area (Å²) in [5.74, 6) is -0.643. The van der Waals surface area contributed by atoms with Crippen LogP contribution in [0, 0.1) is 11.3 Å². The monoisotopic (exact) mass is 309 g/mol. The number of benzene rings is 1. The molecule has 0 unspecified atom stereocenters. The zero-order chi connectivity index (χ0) is 16.4. The summed E-state index contributed by atoms with van der Waals surface area (Å²) in [7, 11) is 1.25. The van der Waals surface area contributed by atoms with E-state index in [1.165, 1.54) is 28.9 Å². The van der Waals surface area contributed by atoms with E-state index in [9.17, 15) is 10.1 Å². The number of anilines is 1. The van der Waals surface area contributed by atoms with E-state index in [1.807, 2.05) is 6.07 Å². The number of para-hydroxylation sites is 2. The maximum atomic E-state index is 12.1. The normalized spacial score (nSPS) is 10.3. The van der Waals surface area contributed by atoms with Crippen LogP contribution in [0.1, 0.15) is 16.1 Å². The highest BCUT2D eigenvalue weighted by Gasteiger charge is 2.23. The highest BCUT2D eigenvalue weighted by molar-refractivity contribution is 5.96. The van der Waals surface area contributed by atoms with Crippen LogP contribution >= 0.6 is 0 Å². The van der Waals surface area contributed by atoms with Gasteiger partial charge >= 0.3 is 5.97 Å². The molecule has 114 valence electrons. The topological polar surface area (TPSA) is 125 Å². The van der Waals surface area contributed by atoms with E-state index >= 15 is 0 Å². The van der Waals surface area contributed by atoms with E-state index < -0.39 is 5.97 Å². The Morgan fingerprint density at radius 3 is 2.70 bits per heavy atom. The van der Waals surface area contributed by atoms with Crippen LogP contribution in [0.25, 0.3) is 11.4 Å². The van der Waals surface area contributed by atoms with E-state index in [1.54, 1.807) is 24.3 Å². The Morgan fingerprint density at radius 1 is 1.35 bits per heavy atom. The molecule has 0 spiro atoms. The molecule has 0 fully saturated rings. The van der Waals surface area contributed by atoms with Crippen LogP contribution in [0.2, 0.25) is 0 Å². The molecule has 9 nitrogen and oxygen atoms in total. The molecule has 9 heteroatoms. The number of nitrogen functional groups attached to an aromatic ring is 1. The molecule has 0 aliphatic rings. The summed E-state index contributed by atoms with van der Waals surface area (Å²) in [6.07, 6.45) is 2.90. The molecule has 1 aromatic carbocycles. The largest absolute Gasteiger partial charge is 0.464 e. The van der Waals surface area contributed by atoms with Gasteiger partial charge in [0.1, 0.15) is 12.4 Å². The number of esters is 1. The molecule has 2 N–H and O–H groups in total. The predicted octanol–water partition coefficient (Wildman–Crippen LogP) is 0.693. The van der Waals surface area contributed by atoms with Crippen molar-refractivity contribution in [2.45, 2.75) is 0 Å². The molecule has 23 heavy (non-hydrogen) atoms. The fourth-order valence-corrected chi connectivity index (χ4v) is 2.24. The maximum absolute atomic E-state index is 12.1. The Morgan fingerprint density at radius 2 is 2.09 bits per heavy atom. The number of nitrogens with zero attached hydrogens (tertiary/aromatic N) is 6. The van der Waals surface area contributed by atoms with Crippen molar-refractivity contribution in [1.82, 2.24) is 24.8 Å².